The van der Waals surface area contributed by atoms with Crippen LogP contribution in [-0.2, 0) is 18.4 Å². The molecule has 0 saturated heterocycles. The molecule has 158 valence electrons. The fraction of sp³-hybridized carbons (Fsp3) is 0.455. The second-order valence-corrected chi connectivity index (χ2v) is 8.29. The Bertz CT molecular complexity index is 991. The van der Waals surface area contributed by atoms with Crippen molar-refractivity contribution in [3.8, 4) is 0 Å². The molecule has 0 radical (unpaired) electrons. The van der Waals surface area contributed by atoms with Gasteiger partial charge < -0.3 is 14.4 Å². The highest BCUT2D eigenvalue weighted by atomic mass is 16.6. The highest BCUT2D eigenvalue weighted by molar-refractivity contribution is 5.97. The van der Waals surface area contributed by atoms with Crippen molar-refractivity contribution in [2.75, 3.05) is 6.54 Å². The van der Waals surface area contributed by atoms with E-state index in [1.807, 2.05) is 34.8 Å². The van der Waals surface area contributed by atoms with Gasteiger partial charge in [-0.05, 0) is 50.8 Å². The molecule has 2 saturated carbocycles. The summed E-state index contributed by atoms with van der Waals surface area (Å²) in [4.78, 5) is 40.6. The molecule has 0 atom stereocenters. The number of carbonyl (C=O) groups excluding carboxylic acids is 2. The molecule has 30 heavy (non-hydrogen) atoms. The normalized spacial score (nSPS) is 15.7. The molecule has 1 heterocycles. The van der Waals surface area contributed by atoms with Crippen molar-refractivity contribution in [2.24, 2.45) is 7.05 Å². The van der Waals surface area contributed by atoms with Gasteiger partial charge in [-0.2, -0.15) is 0 Å². The van der Waals surface area contributed by atoms with Crippen molar-refractivity contribution in [1.82, 2.24) is 14.4 Å². The van der Waals surface area contributed by atoms with Gasteiger partial charge in [0.05, 0.1) is 11.5 Å². The van der Waals surface area contributed by atoms with Gasteiger partial charge in [-0.3, -0.25) is 19.7 Å². The Morgan fingerprint density at radius 2 is 1.80 bits per heavy atom. The van der Waals surface area contributed by atoms with E-state index in [0.29, 0.717) is 12.1 Å². The molecular weight excluding hydrogens is 384 g/mol. The van der Waals surface area contributed by atoms with Crippen molar-refractivity contribution < 1.29 is 14.5 Å². The SMILES string of the molecule is Cc1ccc(C(=O)N(CC(=O)N(Cc2cccn2C)C2CC2)C2CC2)cc1[N+](=O)[O-]. The first-order valence-electron chi connectivity index (χ1n) is 10.3. The summed E-state index contributed by atoms with van der Waals surface area (Å²) in [5.41, 5.74) is 1.74. The van der Waals surface area contributed by atoms with E-state index < -0.39 is 4.92 Å². The highest BCUT2D eigenvalue weighted by Crippen LogP contribution is 2.32. The van der Waals surface area contributed by atoms with Gasteiger partial charge in [0, 0.05) is 48.2 Å². The molecule has 8 nitrogen and oxygen atoms in total. The van der Waals surface area contributed by atoms with E-state index in [2.05, 4.69) is 0 Å². The largest absolute Gasteiger partial charge is 0.353 e. The number of aromatic nitrogens is 1. The monoisotopic (exact) mass is 410 g/mol. The lowest BCUT2D eigenvalue weighted by atomic mass is 10.1. The van der Waals surface area contributed by atoms with Gasteiger partial charge in [0.2, 0.25) is 5.91 Å². The van der Waals surface area contributed by atoms with Crippen molar-refractivity contribution in [3.63, 3.8) is 0 Å². The minimum absolute atomic E-state index is 0.00605. The Morgan fingerprint density at radius 3 is 2.37 bits per heavy atom. The maximum atomic E-state index is 13.2. The molecular formula is C22H26N4O4. The lowest BCUT2D eigenvalue weighted by Gasteiger charge is -2.28. The molecule has 1 aromatic heterocycles. The third-order valence-corrected chi connectivity index (χ3v) is 5.90. The van der Waals surface area contributed by atoms with E-state index >= 15 is 0 Å². The molecule has 8 heteroatoms. The van der Waals surface area contributed by atoms with Crippen LogP contribution in [0.5, 0.6) is 0 Å². The second-order valence-electron chi connectivity index (χ2n) is 8.29. The Hall–Kier alpha value is -3.16. The number of hydrogen-bond acceptors (Lipinski definition) is 4. The zero-order valence-electron chi connectivity index (χ0n) is 17.3. The summed E-state index contributed by atoms with van der Waals surface area (Å²) in [5.74, 6) is -0.385. The van der Waals surface area contributed by atoms with E-state index in [9.17, 15) is 19.7 Å². The zero-order valence-corrected chi connectivity index (χ0v) is 17.3. The molecule has 2 aromatic rings. The van der Waals surface area contributed by atoms with Gasteiger partial charge in [0.25, 0.3) is 11.6 Å². The Labute approximate surface area is 175 Å². The average Bonchev–Trinajstić information content (AvgIpc) is 3.63. The van der Waals surface area contributed by atoms with Crippen LogP contribution in [0.4, 0.5) is 5.69 Å². The summed E-state index contributed by atoms with van der Waals surface area (Å²) in [7, 11) is 1.95. The van der Waals surface area contributed by atoms with E-state index in [4.69, 9.17) is 0 Å². The van der Waals surface area contributed by atoms with Gasteiger partial charge in [-0.15, -0.1) is 0 Å². The van der Waals surface area contributed by atoms with Crippen molar-refractivity contribution >= 4 is 17.5 Å². The van der Waals surface area contributed by atoms with Gasteiger partial charge >= 0.3 is 0 Å². The fourth-order valence-electron chi connectivity index (χ4n) is 3.74. The number of carbonyl (C=O) groups is 2. The summed E-state index contributed by atoms with van der Waals surface area (Å²) in [6.07, 6.45) is 5.63. The van der Waals surface area contributed by atoms with Crippen LogP contribution < -0.4 is 0 Å². The lowest BCUT2D eigenvalue weighted by molar-refractivity contribution is -0.385. The molecule has 0 aliphatic heterocycles. The van der Waals surface area contributed by atoms with Crippen LogP contribution >= 0.6 is 0 Å². The fourth-order valence-corrected chi connectivity index (χ4v) is 3.74. The Kier molecular flexibility index (Phi) is 5.32. The quantitative estimate of drug-likeness (QED) is 0.494. The number of nitro groups is 1. The van der Waals surface area contributed by atoms with E-state index in [1.165, 1.54) is 6.07 Å². The van der Waals surface area contributed by atoms with E-state index in [-0.39, 0.29) is 41.7 Å². The predicted octanol–water partition coefficient (Wildman–Crippen LogP) is 3.04. The minimum Gasteiger partial charge on any atom is -0.353 e. The molecule has 0 bridgehead atoms. The maximum absolute atomic E-state index is 13.2. The lowest BCUT2D eigenvalue weighted by Crippen LogP contribution is -2.44. The number of hydrogen-bond donors (Lipinski definition) is 0. The van der Waals surface area contributed by atoms with Crippen molar-refractivity contribution in [3.05, 3.63) is 63.5 Å². The van der Waals surface area contributed by atoms with Crippen LogP contribution in [0.1, 0.15) is 47.3 Å². The minimum atomic E-state index is -0.479. The summed E-state index contributed by atoms with van der Waals surface area (Å²) < 4.78 is 2.00. The molecule has 0 N–H and O–H groups in total. The summed E-state index contributed by atoms with van der Waals surface area (Å²) in [6, 6.07) is 8.71. The van der Waals surface area contributed by atoms with Crippen LogP contribution in [-0.4, -0.2) is 49.7 Å². The number of aryl methyl sites for hydroxylation is 2. The molecule has 2 aliphatic rings. The first kappa shape index (κ1) is 20.1. The van der Waals surface area contributed by atoms with Crippen LogP contribution in [0.25, 0.3) is 0 Å². The maximum Gasteiger partial charge on any atom is 0.273 e. The molecule has 0 unspecified atom stereocenters. The summed E-state index contributed by atoms with van der Waals surface area (Å²) in [5, 5.41) is 11.3. The van der Waals surface area contributed by atoms with Crippen LogP contribution in [0, 0.1) is 17.0 Å². The average molecular weight is 410 g/mol. The number of nitro benzene ring substituents is 1. The molecule has 2 aliphatic carbocycles. The summed E-state index contributed by atoms with van der Waals surface area (Å²) >= 11 is 0. The first-order chi connectivity index (χ1) is 14.3. The van der Waals surface area contributed by atoms with E-state index in [0.717, 1.165) is 31.4 Å². The first-order valence-corrected chi connectivity index (χ1v) is 10.3. The van der Waals surface area contributed by atoms with Gasteiger partial charge in [-0.1, -0.05) is 6.07 Å². The third-order valence-electron chi connectivity index (χ3n) is 5.90. The van der Waals surface area contributed by atoms with Crippen LogP contribution in [0.2, 0.25) is 0 Å². The smallest absolute Gasteiger partial charge is 0.273 e. The topological polar surface area (TPSA) is 88.7 Å². The number of rotatable bonds is 8. The zero-order chi connectivity index (χ0) is 21.4. The molecule has 1 aromatic carbocycles. The molecule has 0 spiro atoms. The second kappa shape index (κ2) is 7.93. The Balaban J connectivity index is 1.52. The molecule has 2 amide bonds. The van der Waals surface area contributed by atoms with Crippen molar-refractivity contribution in [2.45, 2.75) is 51.2 Å². The molecule has 4 rings (SSSR count). The van der Waals surface area contributed by atoms with Gasteiger partial charge in [0.15, 0.2) is 0 Å². The number of nitrogens with zero attached hydrogens (tertiary/aromatic N) is 4. The summed E-state index contributed by atoms with van der Waals surface area (Å²) in [6.45, 7) is 2.17. The third kappa shape index (κ3) is 4.22. The van der Waals surface area contributed by atoms with E-state index in [1.54, 1.807) is 24.0 Å². The van der Waals surface area contributed by atoms with Crippen LogP contribution in [0.3, 0.4) is 0 Å². The van der Waals surface area contributed by atoms with Crippen molar-refractivity contribution in [1.29, 1.82) is 0 Å². The number of benzene rings is 1. The van der Waals surface area contributed by atoms with Crippen LogP contribution in [0.15, 0.2) is 36.5 Å². The Morgan fingerprint density at radius 1 is 1.13 bits per heavy atom. The predicted molar refractivity (Wildman–Crippen MR) is 111 cm³/mol. The van der Waals surface area contributed by atoms with Gasteiger partial charge in [-0.25, -0.2) is 0 Å². The standard InChI is InChI=1S/C22H26N4O4/c1-15-5-6-16(12-20(15)26(29)30)22(28)25(18-9-10-18)14-21(27)24(17-7-8-17)13-19-4-3-11-23(19)2/h3-6,11-12,17-18H,7-10,13-14H2,1-2H3. The molecule has 2 fully saturated rings. The highest BCUT2D eigenvalue weighted by Gasteiger charge is 2.38. The number of amides is 2. The van der Waals surface area contributed by atoms with Gasteiger partial charge in [0.1, 0.15) is 6.54 Å².